The summed E-state index contributed by atoms with van der Waals surface area (Å²) in [6.45, 7) is 3.95. The first-order valence-corrected chi connectivity index (χ1v) is 7.82. The van der Waals surface area contributed by atoms with Gasteiger partial charge in [0.2, 0.25) is 5.96 Å². The minimum atomic E-state index is -0.206. The van der Waals surface area contributed by atoms with Crippen molar-refractivity contribution in [2.24, 2.45) is 21.7 Å². The lowest BCUT2D eigenvalue weighted by atomic mass is 9.79. The summed E-state index contributed by atoms with van der Waals surface area (Å²) in [4.78, 5) is 4.47. The standard InChI is InChI=1S/C18H20FN5/c1-10-3-4-14(19)13(7-10)12-8-15-17(11(2)5-6-22-15)16(9-12)23-24-18(20)21/h3-7,12H,8-9H2,1-2H3,(H4,20,21,24). The van der Waals surface area contributed by atoms with Crippen molar-refractivity contribution < 1.29 is 4.39 Å². The predicted octanol–water partition coefficient (Wildman–Crippen LogP) is 2.55. The van der Waals surface area contributed by atoms with Crippen LogP contribution in [0.4, 0.5) is 4.39 Å². The largest absolute Gasteiger partial charge is 0.369 e. The highest BCUT2D eigenvalue weighted by Gasteiger charge is 2.29. The maximum Gasteiger partial charge on any atom is 0.211 e. The molecule has 1 aliphatic carbocycles. The Bertz CT molecular complexity index is 837. The lowest BCUT2D eigenvalue weighted by Gasteiger charge is -2.26. The molecule has 0 radical (unpaired) electrons. The summed E-state index contributed by atoms with van der Waals surface area (Å²) in [5.41, 5.74) is 16.2. The summed E-state index contributed by atoms with van der Waals surface area (Å²) in [5.74, 6) is -0.350. The van der Waals surface area contributed by atoms with Gasteiger partial charge < -0.3 is 11.5 Å². The zero-order valence-electron chi connectivity index (χ0n) is 13.8. The second kappa shape index (κ2) is 6.39. The van der Waals surface area contributed by atoms with E-state index >= 15 is 0 Å². The second-order valence-corrected chi connectivity index (χ2v) is 6.15. The molecule has 0 saturated carbocycles. The number of guanidine groups is 1. The predicted molar refractivity (Wildman–Crippen MR) is 93.5 cm³/mol. The fourth-order valence-corrected chi connectivity index (χ4v) is 3.21. The Morgan fingerprint density at radius 3 is 2.75 bits per heavy atom. The Labute approximate surface area is 140 Å². The minimum absolute atomic E-state index is 0.0420. The van der Waals surface area contributed by atoms with Gasteiger partial charge in [-0.25, -0.2) is 4.39 Å². The minimum Gasteiger partial charge on any atom is -0.369 e. The summed E-state index contributed by atoms with van der Waals surface area (Å²) < 4.78 is 14.3. The van der Waals surface area contributed by atoms with E-state index in [1.54, 1.807) is 12.3 Å². The first kappa shape index (κ1) is 16.1. The number of fused-ring (bicyclic) bond motifs is 1. The quantitative estimate of drug-likeness (QED) is 0.505. The van der Waals surface area contributed by atoms with Gasteiger partial charge >= 0.3 is 0 Å². The van der Waals surface area contributed by atoms with Gasteiger partial charge in [-0.3, -0.25) is 4.98 Å². The van der Waals surface area contributed by atoms with Crippen molar-refractivity contribution >= 4 is 11.7 Å². The number of benzene rings is 1. The summed E-state index contributed by atoms with van der Waals surface area (Å²) in [6, 6.07) is 7.10. The molecule has 1 aromatic carbocycles. The highest BCUT2D eigenvalue weighted by molar-refractivity contribution is 6.04. The number of hydrogen-bond acceptors (Lipinski definition) is 3. The van der Waals surface area contributed by atoms with Gasteiger partial charge in [0.05, 0.1) is 11.4 Å². The van der Waals surface area contributed by atoms with Crippen molar-refractivity contribution in [3.8, 4) is 0 Å². The molecule has 6 heteroatoms. The van der Waals surface area contributed by atoms with E-state index in [9.17, 15) is 4.39 Å². The number of rotatable bonds is 2. The van der Waals surface area contributed by atoms with Crippen LogP contribution in [0.25, 0.3) is 0 Å². The van der Waals surface area contributed by atoms with Crippen LogP contribution in [-0.4, -0.2) is 16.7 Å². The third-order valence-electron chi connectivity index (χ3n) is 4.28. The molecule has 5 nitrogen and oxygen atoms in total. The SMILES string of the molecule is Cc1ccc(F)c(C2CC(=NN=C(N)N)c3c(C)ccnc3C2)c1. The molecule has 0 fully saturated rings. The molecule has 0 amide bonds. The Morgan fingerprint density at radius 1 is 1.21 bits per heavy atom. The van der Waals surface area contributed by atoms with Gasteiger partial charge in [0, 0.05) is 11.8 Å². The normalized spacial score (nSPS) is 18.3. The van der Waals surface area contributed by atoms with Gasteiger partial charge in [0.1, 0.15) is 5.82 Å². The van der Waals surface area contributed by atoms with Crippen molar-refractivity contribution in [2.75, 3.05) is 0 Å². The van der Waals surface area contributed by atoms with Gasteiger partial charge in [0.15, 0.2) is 0 Å². The maximum absolute atomic E-state index is 14.3. The monoisotopic (exact) mass is 325 g/mol. The molecule has 0 saturated heterocycles. The number of nitrogens with zero attached hydrogens (tertiary/aromatic N) is 3. The van der Waals surface area contributed by atoms with Crippen molar-refractivity contribution in [3.63, 3.8) is 0 Å². The summed E-state index contributed by atoms with van der Waals surface area (Å²) in [5, 5.41) is 8.00. The molecule has 1 aliphatic rings. The molecule has 1 unspecified atom stereocenters. The van der Waals surface area contributed by atoms with Gasteiger partial charge in [-0.1, -0.05) is 17.7 Å². The van der Waals surface area contributed by atoms with Crippen LogP contribution < -0.4 is 11.5 Å². The Hall–Kier alpha value is -2.76. The summed E-state index contributed by atoms with van der Waals surface area (Å²) in [6.07, 6.45) is 3.00. The molecule has 1 heterocycles. The van der Waals surface area contributed by atoms with Crippen LogP contribution in [0, 0.1) is 19.7 Å². The molecular formula is C18H20FN5. The first-order valence-electron chi connectivity index (χ1n) is 7.82. The molecule has 4 N–H and O–H groups in total. The average Bonchev–Trinajstić information content (AvgIpc) is 2.54. The van der Waals surface area contributed by atoms with Crippen LogP contribution in [0.5, 0.6) is 0 Å². The molecule has 0 bridgehead atoms. The number of hydrogen-bond donors (Lipinski definition) is 2. The van der Waals surface area contributed by atoms with E-state index < -0.39 is 0 Å². The van der Waals surface area contributed by atoms with Gasteiger partial charge in [0.25, 0.3) is 0 Å². The number of nitrogens with two attached hydrogens (primary N) is 2. The van der Waals surface area contributed by atoms with Crippen molar-refractivity contribution in [1.82, 2.24) is 4.98 Å². The van der Waals surface area contributed by atoms with E-state index in [4.69, 9.17) is 11.5 Å². The number of aromatic nitrogens is 1. The molecule has 1 aromatic heterocycles. The van der Waals surface area contributed by atoms with Gasteiger partial charge in [-0.05, 0) is 55.9 Å². The average molecular weight is 325 g/mol. The molecule has 1 atom stereocenters. The molecule has 0 spiro atoms. The molecule has 2 aromatic rings. The summed E-state index contributed by atoms with van der Waals surface area (Å²) >= 11 is 0. The number of halogens is 1. The van der Waals surface area contributed by atoms with Crippen LogP contribution in [-0.2, 0) is 6.42 Å². The fourth-order valence-electron chi connectivity index (χ4n) is 3.21. The van der Waals surface area contributed by atoms with Gasteiger partial charge in [-0.15, -0.1) is 5.10 Å². The van der Waals surface area contributed by atoms with E-state index in [1.165, 1.54) is 6.07 Å². The lowest BCUT2D eigenvalue weighted by molar-refractivity contribution is 0.571. The van der Waals surface area contributed by atoms with E-state index in [1.807, 2.05) is 26.0 Å². The van der Waals surface area contributed by atoms with Crippen molar-refractivity contribution in [2.45, 2.75) is 32.6 Å². The van der Waals surface area contributed by atoms with Crippen LogP contribution >= 0.6 is 0 Å². The number of aryl methyl sites for hydroxylation is 2. The third kappa shape index (κ3) is 3.13. The van der Waals surface area contributed by atoms with Crippen molar-refractivity contribution in [3.05, 3.63) is 64.2 Å². The van der Waals surface area contributed by atoms with Gasteiger partial charge in [-0.2, -0.15) is 5.10 Å². The maximum atomic E-state index is 14.3. The molecule has 124 valence electrons. The molecular weight excluding hydrogens is 305 g/mol. The third-order valence-corrected chi connectivity index (χ3v) is 4.28. The van der Waals surface area contributed by atoms with Crippen LogP contribution in [0.1, 0.15) is 40.3 Å². The smallest absolute Gasteiger partial charge is 0.211 e. The Morgan fingerprint density at radius 2 is 2.00 bits per heavy atom. The first-order chi connectivity index (χ1) is 11.5. The van der Waals surface area contributed by atoms with Crippen molar-refractivity contribution in [1.29, 1.82) is 0 Å². The topological polar surface area (TPSA) is 89.6 Å². The van der Waals surface area contributed by atoms with E-state index in [-0.39, 0.29) is 17.7 Å². The molecule has 24 heavy (non-hydrogen) atoms. The summed E-state index contributed by atoms with van der Waals surface area (Å²) in [7, 11) is 0. The fraction of sp³-hybridized carbons (Fsp3) is 0.278. The Balaban J connectivity index is 2.10. The molecule has 0 aliphatic heterocycles. The lowest BCUT2D eigenvalue weighted by Crippen LogP contribution is -2.24. The van der Waals surface area contributed by atoms with Crippen LogP contribution in [0.2, 0.25) is 0 Å². The second-order valence-electron chi connectivity index (χ2n) is 6.15. The number of pyridine rings is 1. The van der Waals surface area contributed by atoms with Crippen LogP contribution in [0.3, 0.4) is 0 Å². The van der Waals surface area contributed by atoms with E-state index in [0.717, 1.165) is 28.1 Å². The van der Waals surface area contributed by atoms with E-state index in [0.29, 0.717) is 18.4 Å². The van der Waals surface area contributed by atoms with Crippen LogP contribution in [0.15, 0.2) is 40.7 Å². The Kier molecular flexibility index (Phi) is 4.29. The molecule has 3 rings (SSSR count). The zero-order valence-corrected chi connectivity index (χ0v) is 13.8. The highest BCUT2D eigenvalue weighted by atomic mass is 19.1. The highest BCUT2D eigenvalue weighted by Crippen LogP contribution is 2.35. The zero-order chi connectivity index (χ0) is 17.3. The van der Waals surface area contributed by atoms with E-state index in [2.05, 4.69) is 15.2 Å².